The zero-order valence-corrected chi connectivity index (χ0v) is 11.5. The van der Waals surface area contributed by atoms with Crippen LogP contribution in [0.15, 0.2) is 17.3 Å². The van der Waals surface area contributed by atoms with Gasteiger partial charge in [-0.25, -0.2) is 4.98 Å². The van der Waals surface area contributed by atoms with Gasteiger partial charge in [-0.3, -0.25) is 0 Å². The second-order valence-electron chi connectivity index (χ2n) is 4.52. The number of hydrogen-bond acceptors (Lipinski definition) is 4. The Bertz CT molecular complexity index is 384. The molecule has 0 radical (unpaired) electrons. The number of nitrogens with zero attached hydrogens (tertiary/aromatic N) is 1. The largest absolute Gasteiger partial charge is 0.377 e. The van der Waals surface area contributed by atoms with Crippen molar-refractivity contribution in [2.24, 2.45) is 0 Å². The summed E-state index contributed by atoms with van der Waals surface area (Å²) >= 11 is 1.86. The fraction of sp³-hybridized carbons (Fsp3) is 0.615. The first kappa shape index (κ1) is 12.9. The highest BCUT2D eigenvalue weighted by Gasteiger charge is 2.26. The van der Waals surface area contributed by atoms with Crippen LogP contribution >= 0.6 is 11.8 Å². The molecule has 0 spiro atoms. The van der Waals surface area contributed by atoms with Gasteiger partial charge in [0.25, 0.3) is 0 Å². The van der Waals surface area contributed by atoms with Crippen LogP contribution in [0, 0.1) is 6.92 Å². The van der Waals surface area contributed by atoms with E-state index in [1.807, 2.05) is 25.0 Å². The predicted octanol–water partition coefficient (Wildman–Crippen LogP) is 2.38. The summed E-state index contributed by atoms with van der Waals surface area (Å²) in [5.74, 6) is 0. The molecule has 1 aromatic heterocycles. The van der Waals surface area contributed by atoms with Gasteiger partial charge in [-0.05, 0) is 38.4 Å². The number of ether oxygens (including phenoxy) is 1. The number of rotatable bonds is 4. The third-order valence-corrected chi connectivity index (χ3v) is 4.61. The van der Waals surface area contributed by atoms with Crippen LogP contribution in [0.3, 0.4) is 0 Å². The molecular weight excluding hydrogens is 232 g/mol. The van der Waals surface area contributed by atoms with Gasteiger partial charge in [0.1, 0.15) is 0 Å². The van der Waals surface area contributed by atoms with E-state index in [1.165, 1.54) is 11.1 Å². The normalized spacial score (nSPS) is 24.2. The van der Waals surface area contributed by atoms with E-state index in [0.717, 1.165) is 24.6 Å². The van der Waals surface area contributed by atoms with Gasteiger partial charge >= 0.3 is 0 Å². The molecule has 0 amide bonds. The Kier molecular flexibility index (Phi) is 4.42. The van der Waals surface area contributed by atoms with E-state index in [-0.39, 0.29) is 0 Å². The van der Waals surface area contributed by atoms with Gasteiger partial charge in [0.15, 0.2) is 0 Å². The van der Waals surface area contributed by atoms with Crippen molar-refractivity contribution in [3.05, 3.63) is 23.4 Å². The molecule has 0 aromatic carbocycles. The molecule has 0 bridgehead atoms. The van der Waals surface area contributed by atoms with E-state index in [4.69, 9.17) is 4.74 Å². The monoisotopic (exact) mass is 252 g/mol. The molecule has 0 saturated carbocycles. The van der Waals surface area contributed by atoms with Crippen LogP contribution in [0.2, 0.25) is 0 Å². The van der Waals surface area contributed by atoms with Gasteiger partial charge in [0.2, 0.25) is 0 Å². The molecule has 94 valence electrons. The van der Waals surface area contributed by atoms with Crippen LogP contribution < -0.4 is 5.32 Å². The summed E-state index contributed by atoms with van der Waals surface area (Å²) in [6.07, 6.45) is 3.44. The smallest absolute Gasteiger partial charge is 0.0992 e. The van der Waals surface area contributed by atoms with Crippen molar-refractivity contribution >= 4 is 11.8 Å². The first-order valence-electron chi connectivity index (χ1n) is 6.09. The Hall–Kier alpha value is -0.580. The van der Waals surface area contributed by atoms with Gasteiger partial charge in [-0.2, -0.15) is 0 Å². The molecule has 2 heterocycles. The molecule has 2 rings (SSSR count). The number of thioether (sulfide) groups is 1. The summed E-state index contributed by atoms with van der Waals surface area (Å²) in [5.41, 5.74) is 2.51. The van der Waals surface area contributed by atoms with E-state index in [2.05, 4.69) is 30.2 Å². The highest BCUT2D eigenvalue weighted by molar-refractivity contribution is 8.00. The topological polar surface area (TPSA) is 34.2 Å². The standard InChI is InChI=1S/C13H20N2OS/c1-9-6-11(7-14-3)8-15-13(9)17-12-4-5-16-10(12)2/h6,8,10,12,14H,4-5,7H2,1-3H3. The highest BCUT2D eigenvalue weighted by Crippen LogP contribution is 2.33. The van der Waals surface area contributed by atoms with E-state index in [1.54, 1.807) is 0 Å². The maximum atomic E-state index is 5.58. The third kappa shape index (κ3) is 3.21. The van der Waals surface area contributed by atoms with Crippen LogP contribution in [0.4, 0.5) is 0 Å². The van der Waals surface area contributed by atoms with Gasteiger partial charge in [0.05, 0.1) is 11.1 Å². The lowest BCUT2D eigenvalue weighted by Gasteiger charge is -2.14. The molecule has 4 heteroatoms. The van der Waals surface area contributed by atoms with Crippen molar-refractivity contribution in [1.29, 1.82) is 0 Å². The summed E-state index contributed by atoms with van der Waals surface area (Å²) in [4.78, 5) is 4.56. The quantitative estimate of drug-likeness (QED) is 0.892. The van der Waals surface area contributed by atoms with Crippen LogP contribution in [0.1, 0.15) is 24.5 Å². The molecule has 17 heavy (non-hydrogen) atoms. The SMILES string of the molecule is CNCc1cnc(SC2CCOC2C)c(C)c1. The van der Waals surface area contributed by atoms with E-state index >= 15 is 0 Å². The van der Waals surface area contributed by atoms with Crippen molar-refractivity contribution in [3.8, 4) is 0 Å². The second-order valence-corrected chi connectivity index (χ2v) is 5.74. The fourth-order valence-corrected chi connectivity index (χ4v) is 3.18. The molecule has 2 atom stereocenters. The van der Waals surface area contributed by atoms with E-state index in [0.29, 0.717) is 11.4 Å². The minimum atomic E-state index is 0.346. The van der Waals surface area contributed by atoms with Crippen molar-refractivity contribution in [2.75, 3.05) is 13.7 Å². The maximum absolute atomic E-state index is 5.58. The average molecular weight is 252 g/mol. The summed E-state index contributed by atoms with van der Waals surface area (Å²) < 4.78 is 5.58. The Morgan fingerprint density at radius 2 is 2.41 bits per heavy atom. The lowest BCUT2D eigenvalue weighted by Crippen LogP contribution is -2.14. The van der Waals surface area contributed by atoms with Gasteiger partial charge in [0, 0.05) is 24.6 Å². The first-order valence-corrected chi connectivity index (χ1v) is 6.97. The molecule has 1 aliphatic rings. The first-order chi connectivity index (χ1) is 8.20. The Morgan fingerprint density at radius 1 is 1.59 bits per heavy atom. The zero-order chi connectivity index (χ0) is 12.3. The van der Waals surface area contributed by atoms with Crippen molar-refractivity contribution < 1.29 is 4.74 Å². The average Bonchev–Trinajstić information content (AvgIpc) is 2.69. The predicted molar refractivity (Wildman–Crippen MR) is 71.4 cm³/mol. The molecule has 1 aliphatic heterocycles. The van der Waals surface area contributed by atoms with Crippen LogP contribution in [-0.2, 0) is 11.3 Å². The second kappa shape index (κ2) is 5.85. The molecule has 0 aliphatic carbocycles. The molecule has 2 unspecified atom stereocenters. The molecule has 1 saturated heterocycles. The molecule has 1 aromatic rings. The number of aryl methyl sites for hydroxylation is 1. The van der Waals surface area contributed by atoms with Crippen molar-refractivity contribution in [1.82, 2.24) is 10.3 Å². The number of aromatic nitrogens is 1. The Labute approximate surface area is 107 Å². The summed E-state index contributed by atoms with van der Waals surface area (Å²) in [6, 6.07) is 2.21. The minimum Gasteiger partial charge on any atom is -0.377 e. The van der Waals surface area contributed by atoms with Gasteiger partial charge in [-0.15, -0.1) is 0 Å². The molecule has 3 nitrogen and oxygen atoms in total. The molecule has 1 N–H and O–H groups in total. The van der Waals surface area contributed by atoms with Crippen molar-refractivity contribution in [2.45, 2.75) is 43.2 Å². The summed E-state index contributed by atoms with van der Waals surface area (Å²) in [7, 11) is 1.95. The maximum Gasteiger partial charge on any atom is 0.0992 e. The Morgan fingerprint density at radius 3 is 3.00 bits per heavy atom. The lowest BCUT2D eigenvalue weighted by molar-refractivity contribution is 0.127. The van der Waals surface area contributed by atoms with E-state index in [9.17, 15) is 0 Å². The summed E-state index contributed by atoms with van der Waals surface area (Å²) in [5, 5.41) is 4.84. The highest BCUT2D eigenvalue weighted by atomic mass is 32.2. The van der Waals surface area contributed by atoms with Crippen LogP contribution in [0.5, 0.6) is 0 Å². The Balaban J connectivity index is 2.05. The molecule has 1 fully saturated rings. The number of nitrogens with one attached hydrogen (secondary N) is 1. The molecular formula is C13H20N2OS. The van der Waals surface area contributed by atoms with Gasteiger partial charge in [-0.1, -0.05) is 17.8 Å². The number of hydrogen-bond donors (Lipinski definition) is 1. The summed E-state index contributed by atoms with van der Waals surface area (Å²) in [6.45, 7) is 6.04. The van der Waals surface area contributed by atoms with E-state index < -0.39 is 0 Å². The number of pyridine rings is 1. The van der Waals surface area contributed by atoms with Crippen LogP contribution in [0.25, 0.3) is 0 Å². The van der Waals surface area contributed by atoms with Crippen LogP contribution in [-0.4, -0.2) is 30.0 Å². The minimum absolute atomic E-state index is 0.346. The zero-order valence-electron chi connectivity index (χ0n) is 10.7. The fourth-order valence-electron chi connectivity index (χ4n) is 2.05. The lowest BCUT2D eigenvalue weighted by atomic mass is 10.2. The van der Waals surface area contributed by atoms with Crippen molar-refractivity contribution in [3.63, 3.8) is 0 Å². The third-order valence-electron chi connectivity index (χ3n) is 3.04. The van der Waals surface area contributed by atoms with Gasteiger partial charge < -0.3 is 10.1 Å².